The molecule has 3 N–H and O–H groups in total. The number of nitrogens with one attached hydrogen (secondary N) is 2. The van der Waals surface area contributed by atoms with Crippen molar-refractivity contribution in [3.05, 3.63) is 27.4 Å². The van der Waals surface area contributed by atoms with Crippen molar-refractivity contribution in [3.8, 4) is 0 Å². The standard InChI is InChI=1S/C11H11BrClFN2O3/c1-5(2-9(17)18)15-11(19)16-10-7(12)3-6(14)4-8(10)13/h3-5H,2H2,1H3,(H,17,18)(H2,15,16,19). The average molecular weight is 354 g/mol. The van der Waals surface area contributed by atoms with E-state index in [2.05, 4.69) is 26.6 Å². The summed E-state index contributed by atoms with van der Waals surface area (Å²) >= 11 is 8.87. The molecule has 1 rings (SSSR count). The van der Waals surface area contributed by atoms with Gasteiger partial charge in [-0.1, -0.05) is 11.6 Å². The van der Waals surface area contributed by atoms with Crippen molar-refractivity contribution in [2.75, 3.05) is 5.32 Å². The highest BCUT2D eigenvalue weighted by Crippen LogP contribution is 2.31. The molecule has 0 saturated heterocycles. The summed E-state index contributed by atoms with van der Waals surface area (Å²) in [5.74, 6) is -1.56. The van der Waals surface area contributed by atoms with Gasteiger partial charge in [-0.2, -0.15) is 0 Å². The van der Waals surface area contributed by atoms with Crippen LogP contribution in [0.3, 0.4) is 0 Å². The van der Waals surface area contributed by atoms with Crippen LogP contribution in [-0.4, -0.2) is 23.1 Å². The maximum atomic E-state index is 13.0. The second-order valence-corrected chi connectivity index (χ2v) is 5.10. The number of carboxylic acids is 1. The number of carbonyl (C=O) groups excluding carboxylic acids is 1. The van der Waals surface area contributed by atoms with Gasteiger partial charge in [0.25, 0.3) is 0 Å². The molecule has 19 heavy (non-hydrogen) atoms. The summed E-state index contributed by atoms with van der Waals surface area (Å²) in [6.45, 7) is 1.55. The molecule has 0 bridgehead atoms. The second-order valence-electron chi connectivity index (χ2n) is 3.84. The molecule has 0 radical (unpaired) electrons. The lowest BCUT2D eigenvalue weighted by molar-refractivity contribution is -0.137. The van der Waals surface area contributed by atoms with E-state index in [4.69, 9.17) is 16.7 Å². The lowest BCUT2D eigenvalue weighted by Crippen LogP contribution is -2.37. The second kappa shape index (κ2) is 6.72. The Morgan fingerprint density at radius 3 is 2.68 bits per heavy atom. The number of amides is 2. The lowest BCUT2D eigenvalue weighted by atomic mass is 10.2. The smallest absolute Gasteiger partial charge is 0.319 e. The van der Waals surface area contributed by atoms with Gasteiger partial charge in [0.15, 0.2) is 0 Å². The Morgan fingerprint density at radius 1 is 1.53 bits per heavy atom. The van der Waals surface area contributed by atoms with Crippen molar-refractivity contribution in [2.45, 2.75) is 19.4 Å². The molecule has 1 unspecified atom stereocenters. The number of rotatable bonds is 4. The minimum Gasteiger partial charge on any atom is -0.481 e. The summed E-state index contributed by atoms with van der Waals surface area (Å²) in [5, 5.41) is 13.4. The van der Waals surface area contributed by atoms with Gasteiger partial charge in [0, 0.05) is 10.5 Å². The lowest BCUT2D eigenvalue weighted by Gasteiger charge is -2.14. The predicted octanol–water partition coefficient (Wildman–Crippen LogP) is 3.23. The van der Waals surface area contributed by atoms with Crippen molar-refractivity contribution in [1.29, 1.82) is 0 Å². The predicted molar refractivity (Wildman–Crippen MR) is 73.0 cm³/mol. The summed E-state index contributed by atoms with van der Waals surface area (Å²) in [6.07, 6.45) is -0.203. The third kappa shape index (κ3) is 5.04. The largest absolute Gasteiger partial charge is 0.481 e. The Morgan fingerprint density at radius 2 is 2.16 bits per heavy atom. The number of anilines is 1. The average Bonchev–Trinajstić information content (AvgIpc) is 2.21. The van der Waals surface area contributed by atoms with Crippen LogP contribution in [0.5, 0.6) is 0 Å². The van der Waals surface area contributed by atoms with E-state index >= 15 is 0 Å². The molecule has 0 aliphatic rings. The quantitative estimate of drug-likeness (QED) is 0.777. The number of urea groups is 1. The van der Waals surface area contributed by atoms with Crippen LogP contribution in [0.4, 0.5) is 14.9 Å². The van der Waals surface area contributed by atoms with Crippen molar-refractivity contribution in [2.24, 2.45) is 0 Å². The Labute approximate surface area is 122 Å². The highest BCUT2D eigenvalue weighted by Gasteiger charge is 2.14. The van der Waals surface area contributed by atoms with Crippen LogP contribution in [0.1, 0.15) is 13.3 Å². The molecule has 8 heteroatoms. The molecule has 1 aromatic carbocycles. The Hall–Kier alpha value is -1.34. The molecule has 5 nitrogen and oxygen atoms in total. The number of carbonyl (C=O) groups is 2. The number of carboxylic acid groups (broad SMARTS) is 1. The Balaban J connectivity index is 2.70. The molecular formula is C11H11BrClFN2O3. The van der Waals surface area contributed by atoms with E-state index in [0.717, 1.165) is 12.1 Å². The molecule has 104 valence electrons. The van der Waals surface area contributed by atoms with Crippen molar-refractivity contribution in [1.82, 2.24) is 5.32 Å². The third-order valence-corrected chi connectivity index (χ3v) is 3.03. The highest BCUT2D eigenvalue weighted by molar-refractivity contribution is 9.10. The zero-order valence-electron chi connectivity index (χ0n) is 9.84. The van der Waals surface area contributed by atoms with Crippen LogP contribution in [-0.2, 0) is 4.79 Å². The van der Waals surface area contributed by atoms with E-state index < -0.39 is 23.9 Å². The zero-order valence-corrected chi connectivity index (χ0v) is 12.2. The van der Waals surface area contributed by atoms with Crippen molar-refractivity contribution in [3.63, 3.8) is 0 Å². The maximum Gasteiger partial charge on any atom is 0.319 e. The van der Waals surface area contributed by atoms with Gasteiger partial charge in [-0.25, -0.2) is 9.18 Å². The molecule has 0 spiro atoms. The molecule has 0 heterocycles. The summed E-state index contributed by atoms with van der Waals surface area (Å²) in [7, 11) is 0. The van der Waals surface area contributed by atoms with Gasteiger partial charge in [-0.15, -0.1) is 0 Å². The topological polar surface area (TPSA) is 78.4 Å². The van der Waals surface area contributed by atoms with Gasteiger partial charge < -0.3 is 15.7 Å². The first-order valence-corrected chi connectivity index (χ1v) is 6.40. The van der Waals surface area contributed by atoms with Gasteiger partial charge in [-0.05, 0) is 35.0 Å². The number of benzene rings is 1. The van der Waals surface area contributed by atoms with Crippen LogP contribution in [0.25, 0.3) is 0 Å². The molecule has 0 aromatic heterocycles. The fourth-order valence-corrected chi connectivity index (χ4v) is 2.25. The molecule has 0 fully saturated rings. The van der Waals surface area contributed by atoms with Gasteiger partial charge in [-0.3, -0.25) is 4.79 Å². The first-order valence-electron chi connectivity index (χ1n) is 5.23. The molecular weight excluding hydrogens is 342 g/mol. The fraction of sp³-hybridized carbons (Fsp3) is 0.273. The van der Waals surface area contributed by atoms with Crippen LogP contribution in [0, 0.1) is 5.82 Å². The maximum absolute atomic E-state index is 13.0. The molecule has 0 saturated carbocycles. The SMILES string of the molecule is CC(CC(=O)O)NC(=O)Nc1c(Cl)cc(F)cc1Br. The van der Waals surface area contributed by atoms with Gasteiger partial charge in [0.05, 0.1) is 17.1 Å². The minimum absolute atomic E-state index is 0.0351. The number of halogens is 3. The van der Waals surface area contributed by atoms with E-state index in [1.165, 1.54) is 0 Å². The highest BCUT2D eigenvalue weighted by atomic mass is 79.9. The van der Waals surface area contributed by atoms with Crippen LogP contribution < -0.4 is 10.6 Å². The van der Waals surface area contributed by atoms with E-state index in [9.17, 15) is 14.0 Å². The molecule has 2 amide bonds. The number of hydrogen-bond acceptors (Lipinski definition) is 2. The van der Waals surface area contributed by atoms with E-state index in [1.54, 1.807) is 6.92 Å². The third-order valence-electron chi connectivity index (χ3n) is 2.10. The first kappa shape index (κ1) is 15.7. The molecule has 1 atom stereocenters. The monoisotopic (exact) mass is 352 g/mol. The summed E-state index contributed by atoms with van der Waals surface area (Å²) in [5.41, 5.74) is 0.211. The molecule has 1 aromatic rings. The van der Waals surface area contributed by atoms with Crippen LogP contribution >= 0.6 is 27.5 Å². The first-order chi connectivity index (χ1) is 8.79. The summed E-state index contributed by atoms with van der Waals surface area (Å²) in [6, 6.07) is 1.04. The zero-order chi connectivity index (χ0) is 14.6. The summed E-state index contributed by atoms with van der Waals surface area (Å²) in [4.78, 5) is 22.1. The summed E-state index contributed by atoms with van der Waals surface area (Å²) < 4.78 is 13.3. The number of aliphatic carboxylic acids is 1. The van der Waals surface area contributed by atoms with Crippen LogP contribution in [0.2, 0.25) is 5.02 Å². The van der Waals surface area contributed by atoms with E-state index in [-0.39, 0.29) is 17.1 Å². The van der Waals surface area contributed by atoms with Gasteiger partial charge >= 0.3 is 12.0 Å². The number of hydrogen-bond donors (Lipinski definition) is 3. The Bertz CT molecular complexity index is 490. The van der Waals surface area contributed by atoms with Gasteiger partial charge in [0.1, 0.15) is 5.82 Å². The fourth-order valence-electron chi connectivity index (χ4n) is 1.35. The van der Waals surface area contributed by atoms with E-state index in [0.29, 0.717) is 4.47 Å². The van der Waals surface area contributed by atoms with Crippen molar-refractivity contribution < 1.29 is 19.1 Å². The van der Waals surface area contributed by atoms with Crippen LogP contribution in [0.15, 0.2) is 16.6 Å². The molecule has 0 aliphatic heterocycles. The van der Waals surface area contributed by atoms with Crippen molar-refractivity contribution >= 4 is 45.2 Å². The van der Waals surface area contributed by atoms with E-state index in [1.807, 2.05) is 0 Å². The molecule has 0 aliphatic carbocycles. The Kier molecular flexibility index (Phi) is 5.56. The normalized spacial score (nSPS) is 11.8. The minimum atomic E-state index is -1.02. The van der Waals surface area contributed by atoms with Gasteiger partial charge in [0.2, 0.25) is 0 Å².